The summed E-state index contributed by atoms with van der Waals surface area (Å²) in [7, 11) is 0. The molecule has 3 aliphatic rings. The number of fused-ring (bicyclic) bond motifs is 2. The fourth-order valence-corrected chi connectivity index (χ4v) is 5.22. The molecule has 0 fully saturated rings. The number of benzene rings is 2. The van der Waals surface area contributed by atoms with E-state index in [1.165, 1.54) is 39.1 Å². The van der Waals surface area contributed by atoms with Gasteiger partial charge in [-0.3, -0.25) is 19.6 Å². The van der Waals surface area contributed by atoms with Gasteiger partial charge in [-0.25, -0.2) is 0 Å². The number of hydrogen-bond acceptors (Lipinski definition) is 4. The molecule has 0 atom stereocenters. The molecule has 0 saturated carbocycles. The molecule has 3 heterocycles. The minimum Gasteiger partial charge on any atom is -0.314 e. The van der Waals surface area contributed by atoms with Crippen molar-refractivity contribution < 1.29 is 4.79 Å². The zero-order chi connectivity index (χ0) is 22.4. The Kier molecular flexibility index (Phi) is 5.38. The summed E-state index contributed by atoms with van der Waals surface area (Å²) in [5.41, 5.74) is 9.87. The maximum Gasteiger partial charge on any atom is 0.259 e. The van der Waals surface area contributed by atoms with Gasteiger partial charge in [0.2, 0.25) is 5.96 Å². The number of aryl methyl sites for hydroxylation is 1. The van der Waals surface area contributed by atoms with Crippen LogP contribution >= 0.6 is 0 Å². The Balaban J connectivity index is 1.44. The van der Waals surface area contributed by atoms with E-state index in [0.29, 0.717) is 13.1 Å². The Hall–Kier alpha value is -2.92. The van der Waals surface area contributed by atoms with Crippen LogP contribution in [-0.2, 0) is 17.9 Å². The van der Waals surface area contributed by atoms with Crippen molar-refractivity contribution >= 4 is 11.9 Å². The van der Waals surface area contributed by atoms with Gasteiger partial charge in [0.05, 0.1) is 18.7 Å². The van der Waals surface area contributed by atoms with Gasteiger partial charge in [-0.2, -0.15) is 0 Å². The van der Waals surface area contributed by atoms with E-state index >= 15 is 0 Å². The Labute approximate surface area is 191 Å². The summed E-state index contributed by atoms with van der Waals surface area (Å²) in [6.45, 7) is 13.5. The molecule has 166 valence electrons. The van der Waals surface area contributed by atoms with Crippen LogP contribution < -0.4 is 0 Å². The van der Waals surface area contributed by atoms with Gasteiger partial charge in [0, 0.05) is 38.3 Å². The quantitative estimate of drug-likeness (QED) is 0.736. The second kappa shape index (κ2) is 8.21. The van der Waals surface area contributed by atoms with Crippen LogP contribution in [0.15, 0.2) is 52.7 Å². The topological polar surface area (TPSA) is 39.2 Å². The normalized spacial score (nSPS) is 18.8. The van der Waals surface area contributed by atoms with Gasteiger partial charge < -0.3 is 4.90 Å². The molecule has 0 aromatic heterocycles. The summed E-state index contributed by atoms with van der Waals surface area (Å²) in [5, 5.41) is 0. The van der Waals surface area contributed by atoms with E-state index in [1.54, 1.807) is 0 Å². The van der Waals surface area contributed by atoms with Crippen LogP contribution in [0.1, 0.15) is 39.8 Å². The average Bonchev–Trinajstić information content (AvgIpc) is 3.29. The van der Waals surface area contributed by atoms with E-state index in [2.05, 4.69) is 67.8 Å². The molecule has 0 unspecified atom stereocenters. The lowest BCUT2D eigenvalue weighted by molar-refractivity contribution is -0.125. The number of aliphatic imine (C=N–C) groups is 1. The van der Waals surface area contributed by atoms with Gasteiger partial charge in [0.1, 0.15) is 0 Å². The summed E-state index contributed by atoms with van der Waals surface area (Å²) < 4.78 is 0. The van der Waals surface area contributed by atoms with Gasteiger partial charge in [0.15, 0.2) is 0 Å². The number of carbonyl (C=O) groups is 1. The highest BCUT2D eigenvalue weighted by atomic mass is 16.2. The summed E-state index contributed by atoms with van der Waals surface area (Å²) in [5.74, 6) is 0.977. The lowest BCUT2D eigenvalue weighted by atomic mass is 9.93. The fourth-order valence-electron chi connectivity index (χ4n) is 5.22. The Morgan fingerprint density at radius 2 is 1.72 bits per heavy atom. The minimum absolute atomic E-state index is 0.130. The third kappa shape index (κ3) is 3.55. The third-order valence-electron chi connectivity index (χ3n) is 7.45. The molecule has 5 nitrogen and oxygen atoms in total. The number of hydrogen-bond donors (Lipinski definition) is 0. The highest BCUT2D eigenvalue weighted by Crippen LogP contribution is 2.33. The molecule has 0 aliphatic carbocycles. The van der Waals surface area contributed by atoms with E-state index < -0.39 is 0 Å². The highest BCUT2D eigenvalue weighted by Gasteiger charge is 2.41. The van der Waals surface area contributed by atoms with Crippen molar-refractivity contribution in [1.29, 1.82) is 0 Å². The molecule has 3 aliphatic heterocycles. The molecule has 0 radical (unpaired) electrons. The maximum absolute atomic E-state index is 13.8. The Morgan fingerprint density at radius 1 is 0.938 bits per heavy atom. The molecule has 32 heavy (non-hydrogen) atoms. The molecule has 1 amide bonds. The van der Waals surface area contributed by atoms with Crippen LogP contribution in [0.3, 0.4) is 0 Å². The second-order valence-electron chi connectivity index (χ2n) is 9.32. The lowest BCUT2D eigenvalue weighted by Gasteiger charge is -2.42. The van der Waals surface area contributed by atoms with Crippen LogP contribution in [0.25, 0.3) is 0 Å². The van der Waals surface area contributed by atoms with Crippen LogP contribution in [0.2, 0.25) is 0 Å². The number of rotatable bonds is 4. The summed E-state index contributed by atoms with van der Waals surface area (Å²) in [6.07, 6.45) is 0.905. The molecular weight excluding hydrogens is 396 g/mol. The highest BCUT2D eigenvalue weighted by molar-refractivity contribution is 6.09. The number of carbonyl (C=O) groups excluding carboxylic acids is 1. The van der Waals surface area contributed by atoms with Crippen molar-refractivity contribution in [2.75, 3.05) is 26.2 Å². The molecule has 5 rings (SSSR count). The molecule has 5 heteroatoms. The summed E-state index contributed by atoms with van der Waals surface area (Å²) in [6, 6.07) is 12.8. The van der Waals surface area contributed by atoms with E-state index in [-0.39, 0.29) is 5.91 Å². The second-order valence-corrected chi connectivity index (χ2v) is 9.32. The van der Waals surface area contributed by atoms with Crippen molar-refractivity contribution in [3.63, 3.8) is 0 Å². The van der Waals surface area contributed by atoms with Crippen molar-refractivity contribution in [1.82, 2.24) is 14.7 Å². The van der Waals surface area contributed by atoms with Crippen molar-refractivity contribution in [2.24, 2.45) is 4.99 Å². The van der Waals surface area contributed by atoms with Crippen molar-refractivity contribution in [3.05, 3.63) is 81.0 Å². The Morgan fingerprint density at radius 3 is 2.50 bits per heavy atom. The molecule has 0 N–H and O–H groups in total. The lowest BCUT2D eigenvalue weighted by Crippen LogP contribution is -2.53. The van der Waals surface area contributed by atoms with E-state index in [9.17, 15) is 4.79 Å². The van der Waals surface area contributed by atoms with Crippen molar-refractivity contribution in [2.45, 2.75) is 47.2 Å². The third-order valence-corrected chi connectivity index (χ3v) is 7.45. The monoisotopic (exact) mass is 428 g/mol. The zero-order valence-electron chi connectivity index (χ0n) is 19.6. The number of amides is 1. The van der Waals surface area contributed by atoms with Crippen molar-refractivity contribution in [3.8, 4) is 0 Å². The smallest absolute Gasteiger partial charge is 0.259 e. The molecular formula is C27H32N4O. The average molecular weight is 429 g/mol. The van der Waals surface area contributed by atoms with Crippen LogP contribution in [0.4, 0.5) is 0 Å². The maximum atomic E-state index is 13.8. The first-order chi connectivity index (χ1) is 15.4. The first-order valence-corrected chi connectivity index (χ1v) is 11.6. The zero-order valence-corrected chi connectivity index (χ0v) is 19.6. The largest absolute Gasteiger partial charge is 0.314 e. The molecule has 0 spiro atoms. The predicted octanol–water partition coefficient (Wildman–Crippen LogP) is 4.09. The number of nitrogens with zero attached hydrogens (tertiary/aromatic N) is 4. The molecule has 2 aromatic rings. The first-order valence-electron chi connectivity index (χ1n) is 11.6. The van der Waals surface area contributed by atoms with Gasteiger partial charge in [-0.1, -0.05) is 36.4 Å². The molecule has 2 aromatic carbocycles. The van der Waals surface area contributed by atoms with E-state index in [0.717, 1.165) is 44.1 Å². The molecule has 0 saturated heterocycles. The summed E-state index contributed by atoms with van der Waals surface area (Å²) in [4.78, 5) is 25.2. The van der Waals surface area contributed by atoms with Gasteiger partial charge in [-0.15, -0.1) is 0 Å². The van der Waals surface area contributed by atoms with Gasteiger partial charge in [0.25, 0.3) is 5.91 Å². The fraction of sp³-hybridized carbons (Fsp3) is 0.407. The van der Waals surface area contributed by atoms with Crippen LogP contribution in [-0.4, -0.2) is 52.7 Å². The minimum atomic E-state index is 0.130. The van der Waals surface area contributed by atoms with Gasteiger partial charge >= 0.3 is 0 Å². The number of guanidine groups is 1. The predicted molar refractivity (Wildman–Crippen MR) is 128 cm³/mol. The Bertz CT molecular complexity index is 1130. The molecule has 0 bridgehead atoms. The van der Waals surface area contributed by atoms with Crippen LogP contribution in [0, 0.1) is 27.7 Å². The SMILES string of the molecule is Cc1cc(CN2C(=O)C3=C(CCN(Cc4ccccc4)C3)N3CCN=C23)c(C)c(C)c1C. The van der Waals surface area contributed by atoms with Gasteiger partial charge in [-0.05, 0) is 61.1 Å². The first kappa shape index (κ1) is 21.0. The standard InChI is InChI=1S/C27H32N4O/c1-18-14-23(21(4)20(3)19(18)2)16-31-26(32)24-17-29(15-22-8-6-5-7-9-22)12-10-25(24)30-13-11-28-27(30)31/h5-9,14H,10-13,15-17H2,1-4H3. The summed E-state index contributed by atoms with van der Waals surface area (Å²) >= 11 is 0. The van der Waals surface area contributed by atoms with E-state index in [4.69, 9.17) is 4.99 Å². The van der Waals surface area contributed by atoms with Crippen LogP contribution in [0.5, 0.6) is 0 Å². The van der Waals surface area contributed by atoms with E-state index in [1.807, 2.05) is 11.0 Å².